The Morgan fingerprint density at radius 1 is 1.38 bits per heavy atom. The quantitative estimate of drug-likeness (QED) is 0.635. The van der Waals surface area contributed by atoms with E-state index in [-0.39, 0.29) is 29.7 Å². The van der Waals surface area contributed by atoms with Crippen molar-refractivity contribution < 1.29 is 9.90 Å². The van der Waals surface area contributed by atoms with Crippen molar-refractivity contribution in [2.45, 2.75) is 50.5 Å². The molecule has 7 heteroatoms. The monoisotopic (exact) mass is 334 g/mol. The maximum atomic E-state index is 12.1. The summed E-state index contributed by atoms with van der Waals surface area (Å²) in [6.07, 6.45) is 7.67. The van der Waals surface area contributed by atoms with Gasteiger partial charge >= 0.3 is 0 Å². The van der Waals surface area contributed by atoms with E-state index < -0.39 is 0 Å². The summed E-state index contributed by atoms with van der Waals surface area (Å²) in [6.45, 7) is 2.56. The van der Waals surface area contributed by atoms with Gasteiger partial charge in [0.2, 0.25) is 0 Å². The third-order valence-corrected chi connectivity index (χ3v) is 4.90. The molecule has 1 aromatic rings. The molecule has 24 heavy (non-hydrogen) atoms. The highest BCUT2D eigenvalue weighted by Gasteiger charge is 2.26. The Balaban J connectivity index is 1.44. The van der Waals surface area contributed by atoms with E-state index in [0.29, 0.717) is 18.3 Å². The summed E-state index contributed by atoms with van der Waals surface area (Å²) in [5, 5.41) is 12.2. The number of hydrogen-bond donors (Lipinski definition) is 3. The number of nitrogens with zero attached hydrogens (tertiary/aromatic N) is 2. The number of amides is 1. The van der Waals surface area contributed by atoms with Crippen LogP contribution < -0.4 is 10.9 Å². The van der Waals surface area contributed by atoms with Crippen molar-refractivity contribution in [2.24, 2.45) is 0 Å². The Morgan fingerprint density at radius 2 is 2.21 bits per heavy atom. The molecule has 1 amide bonds. The Morgan fingerprint density at radius 3 is 2.92 bits per heavy atom. The molecule has 7 nitrogen and oxygen atoms in total. The van der Waals surface area contributed by atoms with E-state index in [4.69, 9.17) is 0 Å². The number of piperidine rings is 1. The van der Waals surface area contributed by atoms with Crippen LogP contribution in [-0.2, 0) is 0 Å². The Hall–Kier alpha value is -1.73. The zero-order valence-corrected chi connectivity index (χ0v) is 14.0. The fourth-order valence-electron chi connectivity index (χ4n) is 3.28. The lowest BCUT2D eigenvalue weighted by Crippen LogP contribution is -2.43. The molecular formula is C17H26N4O3. The van der Waals surface area contributed by atoms with Gasteiger partial charge in [-0.25, -0.2) is 4.98 Å². The molecule has 3 N–H and O–H groups in total. The van der Waals surface area contributed by atoms with Crippen LogP contribution in [0.3, 0.4) is 0 Å². The third kappa shape index (κ3) is 4.21. The minimum absolute atomic E-state index is 0.0746. The summed E-state index contributed by atoms with van der Waals surface area (Å²) in [4.78, 5) is 33.3. The van der Waals surface area contributed by atoms with Crippen molar-refractivity contribution >= 4 is 5.91 Å². The number of aromatic nitrogens is 2. The number of carbonyl (C=O) groups is 1. The van der Waals surface area contributed by atoms with E-state index in [0.717, 1.165) is 45.2 Å². The van der Waals surface area contributed by atoms with Crippen LogP contribution in [0.15, 0.2) is 11.0 Å². The minimum Gasteiger partial charge on any atom is -0.395 e. The molecule has 0 aromatic carbocycles. The molecule has 1 saturated heterocycles. The van der Waals surface area contributed by atoms with Crippen molar-refractivity contribution in [2.75, 3.05) is 26.2 Å². The number of likely N-dealkylation sites (tertiary alicyclic amines) is 1. The van der Waals surface area contributed by atoms with Gasteiger partial charge in [-0.15, -0.1) is 0 Å². The van der Waals surface area contributed by atoms with Crippen molar-refractivity contribution in [3.8, 4) is 0 Å². The van der Waals surface area contributed by atoms with Crippen LogP contribution >= 0.6 is 0 Å². The average Bonchev–Trinajstić information content (AvgIpc) is 3.44. The highest BCUT2D eigenvalue weighted by Crippen LogP contribution is 2.37. The normalized spacial score (nSPS) is 21.6. The Kier molecular flexibility index (Phi) is 5.63. The molecule has 1 atom stereocenters. The number of aliphatic hydroxyl groups excluding tert-OH is 1. The fraction of sp³-hybridized carbons (Fsp3) is 0.706. The molecule has 0 unspecified atom stereocenters. The Labute approximate surface area is 141 Å². The molecule has 0 bridgehead atoms. The molecule has 3 rings (SSSR count). The van der Waals surface area contributed by atoms with Crippen LogP contribution in [0.25, 0.3) is 0 Å². The molecule has 2 aliphatic rings. The summed E-state index contributed by atoms with van der Waals surface area (Å²) in [5.41, 5.74) is -0.286. The molecule has 1 aliphatic carbocycles. The maximum Gasteiger partial charge on any atom is 0.263 e. The second-order valence-electron chi connectivity index (χ2n) is 6.76. The van der Waals surface area contributed by atoms with Gasteiger partial charge in [-0.2, -0.15) is 0 Å². The van der Waals surface area contributed by atoms with E-state index in [9.17, 15) is 14.7 Å². The van der Waals surface area contributed by atoms with E-state index in [1.54, 1.807) is 0 Å². The topological polar surface area (TPSA) is 98.3 Å². The first-order valence-electron chi connectivity index (χ1n) is 8.91. The minimum atomic E-state index is -0.372. The molecule has 1 saturated carbocycles. The van der Waals surface area contributed by atoms with Crippen molar-refractivity contribution in [1.82, 2.24) is 20.2 Å². The zero-order chi connectivity index (χ0) is 16.9. The zero-order valence-electron chi connectivity index (χ0n) is 14.0. The van der Waals surface area contributed by atoms with Gasteiger partial charge in [0.15, 0.2) is 0 Å². The van der Waals surface area contributed by atoms with Crippen LogP contribution in [0.5, 0.6) is 0 Å². The molecular weight excluding hydrogens is 308 g/mol. The first kappa shape index (κ1) is 17.1. The number of aromatic amines is 1. The number of rotatable bonds is 7. The average molecular weight is 334 g/mol. The van der Waals surface area contributed by atoms with Gasteiger partial charge in [0.1, 0.15) is 11.4 Å². The first-order chi connectivity index (χ1) is 11.7. The lowest BCUT2D eigenvalue weighted by Gasteiger charge is -2.34. The molecule has 2 heterocycles. The predicted molar refractivity (Wildman–Crippen MR) is 90.1 cm³/mol. The molecule has 1 aromatic heterocycles. The van der Waals surface area contributed by atoms with Crippen molar-refractivity contribution in [1.29, 1.82) is 0 Å². The molecule has 2 fully saturated rings. The molecule has 1 aliphatic heterocycles. The predicted octanol–water partition coefficient (Wildman–Crippen LogP) is 0.614. The second-order valence-corrected chi connectivity index (χ2v) is 6.76. The lowest BCUT2D eigenvalue weighted by atomic mass is 10.0. The summed E-state index contributed by atoms with van der Waals surface area (Å²) in [5.74, 6) is 0.680. The van der Waals surface area contributed by atoms with Crippen molar-refractivity contribution in [3.63, 3.8) is 0 Å². The number of carbonyl (C=O) groups excluding carboxylic acids is 1. The van der Waals surface area contributed by atoms with E-state index in [1.807, 2.05) is 0 Å². The standard InChI is InChI=1S/C17H26N4O3/c22-11-13-4-1-2-8-21(13)9-3-7-18-16(23)14-10-19-15(12-5-6-12)20-17(14)24/h10,12-13,22H,1-9,11H2,(H,18,23)(H,19,20,24)/t13-/m0/s1. The van der Waals surface area contributed by atoms with Gasteiger partial charge < -0.3 is 15.4 Å². The third-order valence-electron chi connectivity index (χ3n) is 4.90. The first-order valence-corrected chi connectivity index (χ1v) is 8.91. The second kappa shape index (κ2) is 7.90. The Bertz CT molecular complexity index is 627. The largest absolute Gasteiger partial charge is 0.395 e. The van der Waals surface area contributed by atoms with Gasteiger partial charge in [-0.3, -0.25) is 14.5 Å². The summed E-state index contributed by atoms with van der Waals surface area (Å²) < 4.78 is 0. The van der Waals surface area contributed by atoms with E-state index >= 15 is 0 Å². The number of aliphatic hydroxyl groups is 1. The van der Waals surface area contributed by atoms with Gasteiger partial charge in [-0.05, 0) is 38.6 Å². The van der Waals surface area contributed by atoms with E-state index in [2.05, 4.69) is 20.2 Å². The van der Waals surface area contributed by atoms with Gasteiger partial charge in [0.05, 0.1) is 6.61 Å². The van der Waals surface area contributed by atoms with E-state index in [1.165, 1.54) is 12.6 Å². The van der Waals surface area contributed by atoms with Crippen molar-refractivity contribution in [3.05, 3.63) is 27.9 Å². The van der Waals surface area contributed by atoms with Crippen LogP contribution in [0.2, 0.25) is 0 Å². The molecule has 132 valence electrons. The highest BCUT2D eigenvalue weighted by molar-refractivity contribution is 5.93. The lowest BCUT2D eigenvalue weighted by molar-refractivity contribution is 0.0867. The summed E-state index contributed by atoms with van der Waals surface area (Å²) >= 11 is 0. The number of H-pyrrole nitrogens is 1. The van der Waals surface area contributed by atoms with Gasteiger partial charge in [-0.1, -0.05) is 6.42 Å². The van der Waals surface area contributed by atoms with Crippen LogP contribution in [-0.4, -0.2) is 58.2 Å². The van der Waals surface area contributed by atoms with Gasteiger partial charge in [0, 0.05) is 31.2 Å². The highest BCUT2D eigenvalue weighted by atomic mass is 16.3. The summed E-state index contributed by atoms with van der Waals surface area (Å²) in [6, 6.07) is 0.247. The fourth-order valence-corrected chi connectivity index (χ4v) is 3.28. The summed E-state index contributed by atoms with van der Waals surface area (Å²) in [7, 11) is 0. The number of hydrogen-bond acceptors (Lipinski definition) is 5. The number of nitrogens with one attached hydrogen (secondary N) is 2. The van der Waals surface area contributed by atoms with Gasteiger partial charge in [0.25, 0.3) is 11.5 Å². The van der Waals surface area contributed by atoms with Crippen LogP contribution in [0, 0.1) is 0 Å². The molecule has 0 spiro atoms. The SMILES string of the molecule is O=C(NCCCN1CCCC[C@H]1CO)c1cnc(C2CC2)[nH]c1=O. The van der Waals surface area contributed by atoms with Crippen LogP contribution in [0.1, 0.15) is 60.6 Å². The molecule has 0 radical (unpaired) electrons. The smallest absolute Gasteiger partial charge is 0.263 e. The van der Waals surface area contributed by atoms with Crippen LogP contribution in [0.4, 0.5) is 0 Å². The maximum absolute atomic E-state index is 12.1.